The predicted molar refractivity (Wildman–Crippen MR) is 129 cm³/mol. The van der Waals surface area contributed by atoms with E-state index >= 15 is 0 Å². The number of aromatic nitrogens is 1. The molecule has 0 aliphatic carbocycles. The maximum Gasteiger partial charge on any atom is 0.338 e. The van der Waals surface area contributed by atoms with E-state index in [2.05, 4.69) is 22.6 Å². The number of barbiturate groups is 1. The maximum absolute atomic E-state index is 13.3. The molecular weight excluding hydrogens is 521 g/mol. The van der Waals surface area contributed by atoms with Crippen LogP contribution in [0.4, 0.5) is 10.5 Å². The Bertz CT molecular complexity index is 1190. The number of carbonyl (C=O) groups is 3. The summed E-state index contributed by atoms with van der Waals surface area (Å²) in [6.45, 7) is 0.209. The van der Waals surface area contributed by atoms with Crippen LogP contribution >= 0.6 is 22.6 Å². The van der Waals surface area contributed by atoms with Gasteiger partial charge in [-0.15, -0.1) is 0 Å². The fourth-order valence-corrected chi connectivity index (χ4v) is 3.82. The van der Waals surface area contributed by atoms with Gasteiger partial charge in [-0.2, -0.15) is 0 Å². The second-order valence-corrected chi connectivity index (χ2v) is 8.29. The number of benzene rings is 2. The Balaban J connectivity index is 1.78. The van der Waals surface area contributed by atoms with E-state index < -0.39 is 17.8 Å². The highest BCUT2D eigenvalue weighted by Crippen LogP contribution is 2.26. The molecule has 0 radical (unpaired) electrons. The molecule has 1 aromatic heterocycles. The fraction of sp³-hybridized carbons (Fsp3) is 0.125. The summed E-state index contributed by atoms with van der Waals surface area (Å²) >= 11 is 2.23. The van der Waals surface area contributed by atoms with E-state index in [1.165, 1.54) is 13.2 Å². The highest BCUT2D eigenvalue weighted by Gasteiger charge is 2.42. The number of ether oxygens (including phenoxy) is 1. The number of hydrogen-bond acceptors (Lipinski definition) is 4. The topological polar surface area (TPSA) is 71.8 Å². The summed E-state index contributed by atoms with van der Waals surface area (Å²) in [7, 11) is 1.49. The van der Waals surface area contributed by atoms with Crippen molar-refractivity contribution in [3.63, 3.8) is 0 Å². The number of para-hydroxylation sites is 1. The number of rotatable bonds is 6. The molecule has 0 spiro atoms. The molecule has 2 aromatic carbocycles. The van der Waals surface area contributed by atoms with Crippen LogP contribution in [-0.2, 0) is 14.3 Å². The number of urea groups is 1. The summed E-state index contributed by atoms with van der Waals surface area (Å²) in [5.74, 6) is -1.30. The highest BCUT2D eigenvalue weighted by atomic mass is 127. The zero-order valence-electron chi connectivity index (χ0n) is 17.3. The molecule has 2 heterocycles. The van der Waals surface area contributed by atoms with Gasteiger partial charge in [-0.05, 0) is 77.2 Å². The van der Waals surface area contributed by atoms with Crippen molar-refractivity contribution in [1.29, 1.82) is 0 Å². The van der Waals surface area contributed by atoms with E-state index in [0.717, 1.165) is 19.1 Å². The van der Waals surface area contributed by atoms with Gasteiger partial charge in [-0.25, -0.2) is 9.69 Å². The standard InChI is InChI=1S/C24H20IN3O4/c1-32-15-14-27-22(29)21(23(30)28(24(27)31)19-6-3-2-4-7-19)16-20-8-5-13-26(20)18-11-9-17(25)10-12-18/h2-13,16H,14-15H2,1H3/b21-16-. The van der Waals surface area contributed by atoms with Gasteiger partial charge in [-0.3, -0.25) is 14.5 Å². The van der Waals surface area contributed by atoms with Gasteiger partial charge in [0.25, 0.3) is 11.8 Å². The SMILES string of the molecule is COCCN1C(=O)/C(=C/c2cccn2-c2ccc(I)cc2)C(=O)N(c2ccccc2)C1=O. The Kier molecular flexibility index (Phi) is 6.52. The first-order valence-electron chi connectivity index (χ1n) is 9.90. The molecule has 0 bridgehead atoms. The number of amides is 4. The fourth-order valence-electron chi connectivity index (χ4n) is 3.46. The summed E-state index contributed by atoms with van der Waals surface area (Å²) in [5, 5.41) is 0. The van der Waals surface area contributed by atoms with Crippen molar-refractivity contribution in [2.24, 2.45) is 0 Å². The predicted octanol–water partition coefficient (Wildman–Crippen LogP) is 4.11. The normalized spacial score (nSPS) is 15.7. The number of imide groups is 2. The first-order valence-corrected chi connectivity index (χ1v) is 11.0. The van der Waals surface area contributed by atoms with Crippen molar-refractivity contribution in [2.75, 3.05) is 25.2 Å². The third-order valence-electron chi connectivity index (χ3n) is 5.04. The minimum absolute atomic E-state index is 0.0419. The van der Waals surface area contributed by atoms with Gasteiger partial charge in [0.2, 0.25) is 0 Å². The van der Waals surface area contributed by atoms with E-state index in [9.17, 15) is 14.4 Å². The number of hydrogen-bond donors (Lipinski definition) is 0. The lowest BCUT2D eigenvalue weighted by atomic mass is 10.1. The van der Waals surface area contributed by atoms with E-state index in [0.29, 0.717) is 11.4 Å². The molecule has 7 nitrogen and oxygen atoms in total. The molecule has 0 unspecified atom stereocenters. The van der Waals surface area contributed by atoms with Gasteiger partial charge >= 0.3 is 6.03 Å². The van der Waals surface area contributed by atoms with Crippen LogP contribution in [0.25, 0.3) is 11.8 Å². The number of anilines is 1. The minimum Gasteiger partial charge on any atom is -0.383 e. The largest absolute Gasteiger partial charge is 0.383 e. The molecule has 8 heteroatoms. The monoisotopic (exact) mass is 541 g/mol. The van der Waals surface area contributed by atoms with Crippen molar-refractivity contribution < 1.29 is 19.1 Å². The van der Waals surface area contributed by atoms with Crippen LogP contribution in [0.3, 0.4) is 0 Å². The summed E-state index contributed by atoms with van der Waals surface area (Å²) in [6.07, 6.45) is 3.39. The number of nitrogens with zero attached hydrogens (tertiary/aromatic N) is 3. The molecule has 0 atom stereocenters. The molecule has 4 rings (SSSR count). The maximum atomic E-state index is 13.3. The lowest BCUT2D eigenvalue weighted by Gasteiger charge is -2.33. The van der Waals surface area contributed by atoms with Gasteiger partial charge in [0, 0.05) is 28.3 Å². The van der Waals surface area contributed by atoms with E-state index in [1.54, 1.807) is 30.3 Å². The minimum atomic E-state index is -0.687. The molecule has 0 saturated carbocycles. The van der Waals surface area contributed by atoms with Crippen LogP contribution in [0.15, 0.2) is 78.5 Å². The van der Waals surface area contributed by atoms with E-state index in [4.69, 9.17) is 4.74 Å². The zero-order chi connectivity index (χ0) is 22.7. The lowest BCUT2D eigenvalue weighted by molar-refractivity contribution is -0.129. The Morgan fingerprint density at radius 2 is 1.59 bits per heavy atom. The molecule has 3 aromatic rings. The molecule has 1 aliphatic heterocycles. The van der Waals surface area contributed by atoms with Crippen molar-refractivity contribution in [3.05, 3.63) is 87.8 Å². The Morgan fingerprint density at radius 1 is 0.875 bits per heavy atom. The summed E-state index contributed by atoms with van der Waals surface area (Å²) in [5.41, 5.74) is 1.86. The van der Waals surface area contributed by atoms with Crippen LogP contribution < -0.4 is 4.90 Å². The van der Waals surface area contributed by atoms with Crippen LogP contribution in [0, 0.1) is 3.57 Å². The van der Waals surface area contributed by atoms with Crippen LogP contribution in [0.1, 0.15) is 5.69 Å². The number of methoxy groups -OCH3 is 1. The van der Waals surface area contributed by atoms with Crippen LogP contribution in [-0.4, -0.2) is 47.6 Å². The van der Waals surface area contributed by atoms with Crippen molar-refractivity contribution in [3.8, 4) is 5.69 Å². The molecule has 4 amide bonds. The van der Waals surface area contributed by atoms with Gasteiger partial charge in [0.05, 0.1) is 18.8 Å². The number of halogens is 1. The summed E-state index contributed by atoms with van der Waals surface area (Å²) in [6, 6.07) is 19.4. The van der Waals surface area contributed by atoms with Crippen molar-refractivity contribution in [1.82, 2.24) is 9.47 Å². The second-order valence-electron chi connectivity index (χ2n) is 7.05. The molecule has 162 valence electrons. The zero-order valence-corrected chi connectivity index (χ0v) is 19.4. The molecular formula is C24H20IN3O4. The quantitative estimate of drug-likeness (QED) is 0.268. The van der Waals surface area contributed by atoms with Gasteiger partial charge in [0.15, 0.2) is 0 Å². The first kappa shape index (κ1) is 22.0. The molecule has 1 aliphatic rings. The van der Waals surface area contributed by atoms with Crippen LogP contribution in [0.2, 0.25) is 0 Å². The third kappa shape index (κ3) is 4.23. The van der Waals surface area contributed by atoms with E-state index in [1.807, 2.05) is 47.2 Å². The molecule has 0 N–H and O–H groups in total. The average molecular weight is 541 g/mol. The third-order valence-corrected chi connectivity index (χ3v) is 5.76. The Labute approximate surface area is 199 Å². The van der Waals surface area contributed by atoms with Gasteiger partial charge in [0.1, 0.15) is 5.57 Å². The van der Waals surface area contributed by atoms with E-state index in [-0.39, 0.29) is 18.7 Å². The number of carbonyl (C=O) groups excluding carboxylic acids is 3. The average Bonchev–Trinajstić information content (AvgIpc) is 3.26. The molecule has 1 saturated heterocycles. The lowest BCUT2D eigenvalue weighted by Crippen LogP contribution is -2.57. The Morgan fingerprint density at radius 3 is 2.28 bits per heavy atom. The highest BCUT2D eigenvalue weighted by molar-refractivity contribution is 14.1. The summed E-state index contributed by atoms with van der Waals surface area (Å²) in [4.78, 5) is 41.6. The smallest absolute Gasteiger partial charge is 0.338 e. The first-order chi connectivity index (χ1) is 15.5. The Hall–Kier alpha value is -3.24. The molecule has 32 heavy (non-hydrogen) atoms. The van der Waals surface area contributed by atoms with Gasteiger partial charge in [-0.1, -0.05) is 18.2 Å². The molecule has 1 fully saturated rings. The summed E-state index contributed by atoms with van der Waals surface area (Å²) < 4.78 is 8.04. The van der Waals surface area contributed by atoms with Crippen LogP contribution in [0.5, 0.6) is 0 Å². The second kappa shape index (κ2) is 9.49. The van der Waals surface area contributed by atoms with Crippen molar-refractivity contribution in [2.45, 2.75) is 0 Å². The van der Waals surface area contributed by atoms with Gasteiger partial charge < -0.3 is 9.30 Å². The van der Waals surface area contributed by atoms with Crippen molar-refractivity contribution >= 4 is 52.2 Å².